The summed E-state index contributed by atoms with van der Waals surface area (Å²) in [6.07, 6.45) is 7.58. The lowest BCUT2D eigenvalue weighted by molar-refractivity contribution is -0.127. The van der Waals surface area contributed by atoms with Gasteiger partial charge in [-0.2, -0.15) is 0 Å². The van der Waals surface area contributed by atoms with Crippen LogP contribution >= 0.6 is 0 Å². The molecule has 0 aliphatic carbocycles. The van der Waals surface area contributed by atoms with Crippen molar-refractivity contribution in [3.8, 4) is 0 Å². The molecule has 8 nitrogen and oxygen atoms in total. The Balaban J connectivity index is 1.97. The summed E-state index contributed by atoms with van der Waals surface area (Å²) in [5, 5.41) is 23.6. The van der Waals surface area contributed by atoms with Crippen molar-refractivity contribution in [1.29, 1.82) is 0 Å². The van der Waals surface area contributed by atoms with Gasteiger partial charge in [-0.25, -0.2) is 0 Å². The maximum absolute atomic E-state index is 13.3. The summed E-state index contributed by atoms with van der Waals surface area (Å²) in [6.45, 7) is 6.28. The number of carbonyl (C=O) groups excluding carboxylic acids is 1. The molecule has 8 heteroatoms. The molecule has 0 saturated carbocycles. The quantitative estimate of drug-likeness (QED) is 0.291. The number of rotatable bonds is 8. The van der Waals surface area contributed by atoms with Crippen LogP contribution in [0.2, 0.25) is 0 Å². The minimum atomic E-state index is -0.423. The Labute approximate surface area is 183 Å². The summed E-state index contributed by atoms with van der Waals surface area (Å²) < 4.78 is 0. The Morgan fingerprint density at radius 2 is 2.03 bits per heavy atom. The molecular formula is C23H32N6O2. The van der Waals surface area contributed by atoms with Gasteiger partial charge < -0.3 is 26.5 Å². The monoisotopic (exact) mass is 424 g/mol. The fourth-order valence-electron chi connectivity index (χ4n) is 3.93. The van der Waals surface area contributed by atoms with Crippen LogP contribution in [0, 0.1) is 0 Å². The molecule has 1 amide bonds. The molecule has 0 spiro atoms. The largest absolute Gasteiger partial charge is 0.392 e. The van der Waals surface area contributed by atoms with Crippen LogP contribution in [0.1, 0.15) is 44.2 Å². The third-order valence-electron chi connectivity index (χ3n) is 5.37. The number of nitrogens with two attached hydrogens (primary N) is 1. The van der Waals surface area contributed by atoms with Crippen molar-refractivity contribution in [1.82, 2.24) is 10.2 Å². The van der Waals surface area contributed by atoms with E-state index >= 15 is 0 Å². The van der Waals surface area contributed by atoms with E-state index in [1.807, 2.05) is 41.5 Å². The zero-order valence-electron chi connectivity index (χ0n) is 18.3. The number of amides is 1. The third-order valence-corrected chi connectivity index (χ3v) is 5.37. The fraction of sp³-hybridized carbons (Fsp3) is 0.435. The van der Waals surface area contributed by atoms with Crippen LogP contribution in [0.5, 0.6) is 0 Å². The average molecular weight is 425 g/mol. The van der Waals surface area contributed by atoms with Crippen molar-refractivity contribution < 1.29 is 9.90 Å². The van der Waals surface area contributed by atoms with Gasteiger partial charge in [0.1, 0.15) is 6.17 Å². The number of benzene rings is 1. The number of anilines is 1. The smallest absolute Gasteiger partial charge is 0.249 e. The topological polar surface area (TPSA) is 115 Å². The van der Waals surface area contributed by atoms with E-state index in [1.54, 1.807) is 0 Å². The second-order valence-corrected chi connectivity index (χ2v) is 7.79. The van der Waals surface area contributed by atoms with Gasteiger partial charge >= 0.3 is 0 Å². The molecule has 1 atom stereocenters. The highest BCUT2D eigenvalue weighted by Crippen LogP contribution is 2.31. The second kappa shape index (κ2) is 10.8. The molecule has 0 saturated heterocycles. The van der Waals surface area contributed by atoms with Crippen LogP contribution in [0.15, 0.2) is 52.0 Å². The number of aliphatic hydroxyl groups is 1. The Kier molecular flexibility index (Phi) is 7.83. The van der Waals surface area contributed by atoms with Gasteiger partial charge in [-0.15, -0.1) is 5.11 Å². The van der Waals surface area contributed by atoms with Gasteiger partial charge in [0.05, 0.1) is 6.61 Å². The number of dihydropyridines is 1. The van der Waals surface area contributed by atoms with Crippen LogP contribution in [-0.2, 0) is 4.79 Å². The number of hydrogen-bond donors (Lipinski definition) is 4. The van der Waals surface area contributed by atoms with E-state index in [9.17, 15) is 9.90 Å². The summed E-state index contributed by atoms with van der Waals surface area (Å²) in [5.41, 5.74) is 5.44. The molecule has 0 radical (unpaired) electrons. The lowest BCUT2D eigenvalue weighted by Crippen LogP contribution is -2.34. The van der Waals surface area contributed by atoms with Crippen LogP contribution < -0.4 is 16.5 Å². The van der Waals surface area contributed by atoms with Crippen LogP contribution in [-0.4, -0.2) is 48.3 Å². The molecule has 0 bridgehead atoms. The predicted octanol–water partition coefficient (Wildman–Crippen LogP) is 3.05. The first kappa shape index (κ1) is 22.6. The van der Waals surface area contributed by atoms with Gasteiger partial charge in [-0.3, -0.25) is 4.79 Å². The zero-order valence-corrected chi connectivity index (χ0v) is 18.3. The van der Waals surface area contributed by atoms with Crippen LogP contribution in [0.3, 0.4) is 0 Å². The minimum absolute atomic E-state index is 0.0150. The third kappa shape index (κ3) is 5.52. The standard InChI is InChI=1S/C23H32N6O2/c1-3-7-29(8-4-2)23(31)19-10-18-6-5-17(20-9-16(15-30)13-25-14-20)11-21(18)26-22(12-19)27-28-24/h5-6,9-11,13,22,25-26,30H,3-4,7-8,12,14-15H2,1-2H3,(H2,24,27). The Morgan fingerprint density at radius 1 is 1.26 bits per heavy atom. The minimum Gasteiger partial charge on any atom is -0.392 e. The first-order chi connectivity index (χ1) is 15.1. The molecule has 31 heavy (non-hydrogen) atoms. The molecule has 1 unspecified atom stereocenters. The van der Waals surface area contributed by atoms with E-state index in [1.165, 1.54) is 0 Å². The average Bonchev–Trinajstić information content (AvgIpc) is 2.97. The first-order valence-corrected chi connectivity index (χ1v) is 10.8. The molecule has 0 aromatic heterocycles. The molecule has 5 N–H and O–H groups in total. The normalized spacial score (nSPS) is 18.2. The van der Waals surface area contributed by atoms with Gasteiger partial charge in [0.2, 0.25) is 5.91 Å². The van der Waals surface area contributed by atoms with Crippen molar-refractivity contribution in [2.45, 2.75) is 39.3 Å². The molecule has 1 aromatic carbocycles. The number of nitrogens with zero attached hydrogens (tertiary/aromatic N) is 3. The zero-order chi connectivity index (χ0) is 22.2. The van der Waals surface area contributed by atoms with Crippen LogP contribution in [0.4, 0.5) is 5.69 Å². The molecule has 3 rings (SSSR count). The SMILES string of the molecule is CCCN(CCC)C(=O)C1=Cc2ccc(C3=CC(CO)=CNC3)cc2NC(N=NN)C1. The molecule has 166 valence electrons. The van der Waals surface area contributed by atoms with Gasteiger partial charge in [0, 0.05) is 43.5 Å². The second-order valence-electron chi connectivity index (χ2n) is 7.79. The maximum Gasteiger partial charge on any atom is 0.249 e. The summed E-state index contributed by atoms with van der Waals surface area (Å²) in [6, 6.07) is 6.09. The highest BCUT2D eigenvalue weighted by Gasteiger charge is 2.24. The fourth-order valence-corrected chi connectivity index (χ4v) is 3.93. The number of aliphatic hydroxyl groups excluding tert-OH is 1. The van der Waals surface area contributed by atoms with E-state index in [-0.39, 0.29) is 12.5 Å². The van der Waals surface area contributed by atoms with E-state index in [0.29, 0.717) is 18.5 Å². The maximum atomic E-state index is 13.3. The number of fused-ring (bicyclic) bond motifs is 1. The van der Waals surface area contributed by atoms with Gasteiger partial charge in [-0.05, 0) is 53.3 Å². The first-order valence-electron chi connectivity index (χ1n) is 10.8. The Bertz CT molecular complexity index is 913. The molecular weight excluding hydrogens is 392 g/mol. The van der Waals surface area contributed by atoms with Crippen molar-refractivity contribution in [3.05, 3.63) is 52.7 Å². The lowest BCUT2D eigenvalue weighted by atomic mass is 9.98. The summed E-state index contributed by atoms with van der Waals surface area (Å²) >= 11 is 0. The highest BCUT2D eigenvalue weighted by molar-refractivity contribution is 5.99. The lowest BCUT2D eigenvalue weighted by Gasteiger charge is -2.23. The Morgan fingerprint density at radius 3 is 2.71 bits per heavy atom. The molecule has 1 aromatic rings. The highest BCUT2D eigenvalue weighted by atomic mass is 16.3. The van der Waals surface area contributed by atoms with Crippen LogP contribution in [0.25, 0.3) is 11.6 Å². The summed E-state index contributed by atoms with van der Waals surface area (Å²) in [4.78, 5) is 15.2. The van der Waals surface area contributed by atoms with E-state index in [0.717, 1.165) is 53.9 Å². The summed E-state index contributed by atoms with van der Waals surface area (Å²) in [7, 11) is 0. The molecule has 2 heterocycles. The Hall–Kier alpha value is -3.13. The van der Waals surface area contributed by atoms with Crippen molar-refractivity contribution in [2.24, 2.45) is 16.2 Å². The van der Waals surface area contributed by atoms with Gasteiger partial charge in [-0.1, -0.05) is 31.2 Å². The van der Waals surface area contributed by atoms with E-state index in [2.05, 4.69) is 34.8 Å². The number of hydrogen-bond acceptors (Lipinski definition) is 6. The summed E-state index contributed by atoms with van der Waals surface area (Å²) in [5.74, 6) is 5.38. The van der Waals surface area contributed by atoms with E-state index < -0.39 is 6.17 Å². The number of nitrogens with one attached hydrogen (secondary N) is 2. The predicted molar refractivity (Wildman–Crippen MR) is 124 cm³/mol. The number of carbonyl (C=O) groups is 1. The molecule has 2 aliphatic rings. The van der Waals surface area contributed by atoms with E-state index in [4.69, 9.17) is 5.84 Å². The molecule has 2 aliphatic heterocycles. The molecule has 0 fully saturated rings. The van der Waals surface area contributed by atoms with Crippen molar-refractivity contribution in [2.75, 3.05) is 31.6 Å². The van der Waals surface area contributed by atoms with Crippen molar-refractivity contribution in [3.63, 3.8) is 0 Å². The van der Waals surface area contributed by atoms with Gasteiger partial charge in [0.15, 0.2) is 0 Å². The van der Waals surface area contributed by atoms with Gasteiger partial charge in [0.25, 0.3) is 0 Å². The van der Waals surface area contributed by atoms with Crippen molar-refractivity contribution >= 4 is 23.2 Å².